The molecule has 0 heterocycles. The van der Waals surface area contributed by atoms with Crippen molar-refractivity contribution in [2.75, 3.05) is 18.4 Å². The van der Waals surface area contributed by atoms with Gasteiger partial charge < -0.3 is 10.6 Å². The van der Waals surface area contributed by atoms with E-state index in [1.807, 2.05) is 0 Å². The van der Waals surface area contributed by atoms with Crippen molar-refractivity contribution < 1.29 is 22.4 Å². The Balaban J connectivity index is 2.46. The summed E-state index contributed by atoms with van der Waals surface area (Å²) in [6.07, 6.45) is -4.44. The van der Waals surface area contributed by atoms with Crippen LogP contribution in [0.15, 0.2) is 18.2 Å². The van der Waals surface area contributed by atoms with Gasteiger partial charge in [0.2, 0.25) is 5.91 Å². The van der Waals surface area contributed by atoms with Crippen molar-refractivity contribution in [1.82, 2.24) is 5.32 Å². The monoisotopic (exact) mass is 264 g/mol. The Labute approximate surface area is 101 Å². The first-order chi connectivity index (χ1) is 8.29. The number of carbonyl (C=O) groups excluding carboxylic acids is 1. The minimum absolute atomic E-state index is 0.307. The lowest BCUT2D eigenvalue weighted by Crippen LogP contribution is -2.37. The zero-order chi connectivity index (χ0) is 13.8. The van der Waals surface area contributed by atoms with E-state index in [1.54, 1.807) is 5.32 Å². The summed E-state index contributed by atoms with van der Waals surface area (Å²) in [5, 5.41) is 4.28. The molecular weight excluding hydrogens is 252 g/mol. The lowest BCUT2D eigenvalue weighted by atomic mass is 10.2. The molecule has 0 aliphatic carbocycles. The van der Waals surface area contributed by atoms with E-state index < -0.39 is 24.4 Å². The molecule has 3 nitrogen and oxygen atoms in total. The molecule has 0 unspecified atom stereocenters. The van der Waals surface area contributed by atoms with E-state index in [2.05, 4.69) is 5.32 Å². The average Bonchev–Trinajstić information content (AvgIpc) is 2.27. The largest absolute Gasteiger partial charge is 0.405 e. The van der Waals surface area contributed by atoms with Crippen molar-refractivity contribution in [1.29, 1.82) is 0 Å². The lowest BCUT2D eigenvalue weighted by molar-refractivity contribution is -0.137. The second-order valence-corrected chi connectivity index (χ2v) is 3.66. The lowest BCUT2D eigenvalue weighted by Gasteiger charge is -2.11. The Morgan fingerprint density at radius 2 is 2.00 bits per heavy atom. The summed E-state index contributed by atoms with van der Waals surface area (Å²) in [4.78, 5) is 11.1. The molecule has 0 spiro atoms. The number of benzene rings is 1. The molecule has 0 fully saturated rings. The Bertz CT molecular complexity index is 432. The first-order valence-corrected chi connectivity index (χ1v) is 5.12. The molecular formula is C11H12F4N2O. The van der Waals surface area contributed by atoms with Gasteiger partial charge in [0.15, 0.2) is 0 Å². The van der Waals surface area contributed by atoms with E-state index in [0.29, 0.717) is 11.3 Å². The summed E-state index contributed by atoms with van der Waals surface area (Å²) in [5.74, 6) is -1.26. The van der Waals surface area contributed by atoms with Crippen LogP contribution in [-0.2, 0) is 4.79 Å². The van der Waals surface area contributed by atoms with E-state index in [1.165, 1.54) is 25.1 Å². The number of nitrogens with one attached hydrogen (secondary N) is 2. The molecule has 2 N–H and O–H groups in total. The first-order valence-electron chi connectivity index (χ1n) is 5.12. The van der Waals surface area contributed by atoms with Crippen molar-refractivity contribution in [2.45, 2.75) is 13.1 Å². The third-order valence-electron chi connectivity index (χ3n) is 2.19. The van der Waals surface area contributed by atoms with E-state index in [9.17, 15) is 22.4 Å². The molecule has 1 aromatic carbocycles. The van der Waals surface area contributed by atoms with Crippen molar-refractivity contribution in [2.24, 2.45) is 0 Å². The maximum atomic E-state index is 13.1. The minimum Gasteiger partial charge on any atom is -0.376 e. The van der Waals surface area contributed by atoms with Crippen LogP contribution in [0.2, 0.25) is 0 Å². The Hall–Kier alpha value is -1.79. The Morgan fingerprint density at radius 1 is 1.33 bits per heavy atom. The van der Waals surface area contributed by atoms with Crippen molar-refractivity contribution in [3.8, 4) is 0 Å². The van der Waals surface area contributed by atoms with Crippen LogP contribution in [0.4, 0.5) is 23.2 Å². The van der Waals surface area contributed by atoms with Crippen LogP contribution >= 0.6 is 0 Å². The summed E-state index contributed by atoms with van der Waals surface area (Å²) >= 11 is 0. The standard InChI is InChI=1S/C11H12F4N2O/c1-7-8(12)3-2-4-9(7)16-5-10(18)17-6-11(13,14)15/h2-4,16H,5-6H2,1H3,(H,17,18). The molecule has 0 aliphatic heterocycles. The smallest absolute Gasteiger partial charge is 0.376 e. The van der Waals surface area contributed by atoms with E-state index >= 15 is 0 Å². The molecule has 0 aromatic heterocycles. The van der Waals surface area contributed by atoms with Gasteiger partial charge in [-0.15, -0.1) is 0 Å². The second-order valence-electron chi connectivity index (χ2n) is 3.66. The molecule has 0 aliphatic rings. The number of hydrogen-bond acceptors (Lipinski definition) is 2. The highest BCUT2D eigenvalue weighted by Crippen LogP contribution is 2.17. The quantitative estimate of drug-likeness (QED) is 0.819. The van der Waals surface area contributed by atoms with Gasteiger partial charge in [-0.05, 0) is 19.1 Å². The molecule has 100 valence electrons. The van der Waals surface area contributed by atoms with Gasteiger partial charge in [0.05, 0.1) is 6.54 Å². The molecule has 1 amide bonds. The SMILES string of the molecule is Cc1c(F)cccc1NCC(=O)NCC(F)(F)F. The number of carbonyl (C=O) groups is 1. The zero-order valence-corrected chi connectivity index (χ0v) is 9.57. The number of anilines is 1. The van der Waals surface area contributed by atoms with Crippen LogP contribution in [0.25, 0.3) is 0 Å². The fourth-order valence-corrected chi connectivity index (χ4v) is 1.24. The van der Waals surface area contributed by atoms with Gasteiger partial charge in [-0.2, -0.15) is 13.2 Å². The maximum absolute atomic E-state index is 13.1. The number of alkyl halides is 3. The van der Waals surface area contributed by atoms with E-state index in [0.717, 1.165) is 0 Å². The predicted molar refractivity (Wildman–Crippen MR) is 58.7 cm³/mol. The van der Waals surface area contributed by atoms with Crippen LogP contribution in [0.1, 0.15) is 5.56 Å². The molecule has 1 aromatic rings. The van der Waals surface area contributed by atoms with Crippen LogP contribution in [-0.4, -0.2) is 25.2 Å². The molecule has 1 rings (SSSR count). The summed E-state index contributed by atoms with van der Waals surface area (Å²) in [5.41, 5.74) is 0.679. The van der Waals surface area contributed by atoms with Gasteiger partial charge in [-0.25, -0.2) is 4.39 Å². The summed E-state index contributed by atoms with van der Waals surface area (Å²) in [6.45, 7) is -0.221. The average molecular weight is 264 g/mol. The molecule has 0 atom stereocenters. The van der Waals surface area contributed by atoms with Crippen molar-refractivity contribution in [3.63, 3.8) is 0 Å². The van der Waals surface area contributed by atoms with Gasteiger partial charge in [0.1, 0.15) is 12.4 Å². The normalized spacial score (nSPS) is 11.2. The topological polar surface area (TPSA) is 41.1 Å². The third-order valence-corrected chi connectivity index (χ3v) is 2.19. The molecule has 18 heavy (non-hydrogen) atoms. The molecule has 0 saturated heterocycles. The van der Waals surface area contributed by atoms with Gasteiger partial charge in [-0.3, -0.25) is 4.79 Å². The number of halogens is 4. The highest BCUT2D eigenvalue weighted by molar-refractivity contribution is 5.80. The summed E-state index contributed by atoms with van der Waals surface area (Å²) in [6, 6.07) is 4.23. The zero-order valence-electron chi connectivity index (χ0n) is 9.57. The molecule has 7 heteroatoms. The van der Waals surface area contributed by atoms with Crippen LogP contribution in [0.3, 0.4) is 0 Å². The van der Waals surface area contributed by atoms with Gasteiger partial charge in [-0.1, -0.05) is 6.07 Å². The van der Waals surface area contributed by atoms with Gasteiger partial charge in [0.25, 0.3) is 0 Å². The highest BCUT2D eigenvalue weighted by Gasteiger charge is 2.27. The van der Waals surface area contributed by atoms with Crippen molar-refractivity contribution in [3.05, 3.63) is 29.6 Å². The van der Waals surface area contributed by atoms with Crippen LogP contribution in [0, 0.1) is 12.7 Å². The minimum atomic E-state index is -4.44. The third kappa shape index (κ3) is 4.60. The fourth-order valence-electron chi connectivity index (χ4n) is 1.24. The second kappa shape index (κ2) is 5.70. The maximum Gasteiger partial charge on any atom is 0.405 e. The predicted octanol–water partition coefficient (Wildman–Crippen LogP) is 2.22. The Morgan fingerprint density at radius 3 is 2.61 bits per heavy atom. The fraction of sp³-hybridized carbons (Fsp3) is 0.364. The van der Waals surface area contributed by atoms with E-state index in [-0.39, 0.29) is 6.54 Å². The van der Waals surface area contributed by atoms with Gasteiger partial charge in [0, 0.05) is 11.3 Å². The van der Waals surface area contributed by atoms with Crippen LogP contribution in [0.5, 0.6) is 0 Å². The number of hydrogen-bond donors (Lipinski definition) is 2. The summed E-state index contributed by atoms with van der Waals surface area (Å²) in [7, 11) is 0. The first kappa shape index (κ1) is 14.3. The Kier molecular flexibility index (Phi) is 4.52. The molecule has 0 saturated carbocycles. The van der Waals surface area contributed by atoms with Crippen LogP contribution < -0.4 is 10.6 Å². The highest BCUT2D eigenvalue weighted by atomic mass is 19.4. The summed E-state index contributed by atoms with van der Waals surface area (Å²) < 4.78 is 48.6. The van der Waals surface area contributed by atoms with Gasteiger partial charge >= 0.3 is 6.18 Å². The van der Waals surface area contributed by atoms with Crippen molar-refractivity contribution >= 4 is 11.6 Å². The number of rotatable bonds is 4. The molecule has 0 bridgehead atoms. The number of amides is 1. The molecule has 0 radical (unpaired) electrons. The van der Waals surface area contributed by atoms with E-state index in [4.69, 9.17) is 0 Å².